The molecule has 102 valence electrons. The molecule has 0 aliphatic carbocycles. The highest BCUT2D eigenvalue weighted by molar-refractivity contribution is 5.37. The van der Waals surface area contributed by atoms with E-state index in [4.69, 9.17) is 5.73 Å². The van der Waals surface area contributed by atoms with Crippen LogP contribution in [0, 0.1) is 11.8 Å². The largest absolute Gasteiger partial charge is 0.390 e. The molecule has 1 aromatic rings. The van der Waals surface area contributed by atoms with Crippen LogP contribution in [0.15, 0.2) is 24.3 Å². The van der Waals surface area contributed by atoms with Crippen LogP contribution in [0.3, 0.4) is 0 Å². The van der Waals surface area contributed by atoms with E-state index in [2.05, 4.69) is 28.9 Å². The lowest BCUT2D eigenvalue weighted by Gasteiger charge is -2.35. The maximum Gasteiger partial charge on any atom is 0.0644 e. The fraction of sp³-hybridized carbons (Fsp3) is 0.500. The highest BCUT2D eigenvalue weighted by Crippen LogP contribution is 2.22. The summed E-state index contributed by atoms with van der Waals surface area (Å²) in [4.78, 5) is 2.38. The van der Waals surface area contributed by atoms with Crippen LogP contribution in [0.4, 0.5) is 0 Å². The number of hydrogen-bond acceptors (Lipinski definition) is 3. The van der Waals surface area contributed by atoms with E-state index in [1.807, 2.05) is 19.1 Å². The third-order valence-corrected chi connectivity index (χ3v) is 3.60. The van der Waals surface area contributed by atoms with E-state index in [0.717, 1.165) is 38.0 Å². The summed E-state index contributed by atoms with van der Waals surface area (Å²) in [6.07, 6.45) is 1.69. The number of likely N-dealkylation sites (tertiary alicyclic amines) is 1. The fourth-order valence-corrected chi connectivity index (χ4v) is 2.35. The predicted octanol–water partition coefficient (Wildman–Crippen LogP) is 1.34. The predicted molar refractivity (Wildman–Crippen MR) is 77.5 cm³/mol. The average Bonchev–Trinajstić information content (AvgIpc) is 2.39. The number of piperidine rings is 1. The first kappa shape index (κ1) is 14.1. The number of nitrogens with zero attached hydrogens (tertiary/aromatic N) is 1. The van der Waals surface area contributed by atoms with Crippen molar-refractivity contribution in [2.24, 2.45) is 5.73 Å². The van der Waals surface area contributed by atoms with Crippen LogP contribution in [-0.2, 0) is 6.54 Å². The second-order valence-corrected chi connectivity index (χ2v) is 5.48. The molecule has 0 bridgehead atoms. The van der Waals surface area contributed by atoms with Crippen molar-refractivity contribution in [2.45, 2.75) is 31.9 Å². The average molecular weight is 258 g/mol. The summed E-state index contributed by atoms with van der Waals surface area (Å²) in [6.45, 7) is 5.14. The molecule has 0 spiro atoms. The lowest BCUT2D eigenvalue weighted by Crippen LogP contribution is -2.41. The summed E-state index contributed by atoms with van der Waals surface area (Å²) in [7, 11) is 0. The van der Waals surface area contributed by atoms with E-state index in [1.165, 1.54) is 5.56 Å². The molecule has 3 N–H and O–H groups in total. The zero-order valence-electron chi connectivity index (χ0n) is 11.5. The summed E-state index contributed by atoms with van der Waals surface area (Å²) >= 11 is 0. The molecule has 1 aromatic carbocycles. The molecule has 0 radical (unpaired) electrons. The van der Waals surface area contributed by atoms with E-state index >= 15 is 0 Å². The molecule has 19 heavy (non-hydrogen) atoms. The normalized spacial score (nSPS) is 18.7. The first-order valence-corrected chi connectivity index (χ1v) is 6.82. The molecular formula is C16H22N2O. The Balaban J connectivity index is 1.96. The second kappa shape index (κ2) is 6.21. The van der Waals surface area contributed by atoms with Crippen molar-refractivity contribution in [2.75, 3.05) is 19.6 Å². The number of nitrogens with two attached hydrogens (primary N) is 1. The molecule has 1 aliphatic heterocycles. The minimum absolute atomic E-state index is 0.394. The van der Waals surface area contributed by atoms with Crippen molar-refractivity contribution in [3.8, 4) is 11.8 Å². The number of aliphatic hydroxyl groups is 1. The molecule has 1 heterocycles. The van der Waals surface area contributed by atoms with Crippen molar-refractivity contribution < 1.29 is 5.11 Å². The Kier molecular flexibility index (Phi) is 4.60. The Morgan fingerprint density at radius 3 is 2.79 bits per heavy atom. The van der Waals surface area contributed by atoms with E-state index in [1.54, 1.807) is 0 Å². The molecule has 1 aliphatic rings. The topological polar surface area (TPSA) is 49.5 Å². The number of benzene rings is 1. The van der Waals surface area contributed by atoms with Gasteiger partial charge in [-0.15, -0.1) is 0 Å². The van der Waals surface area contributed by atoms with Gasteiger partial charge in [0.05, 0.1) is 12.1 Å². The first-order chi connectivity index (χ1) is 9.09. The van der Waals surface area contributed by atoms with Gasteiger partial charge >= 0.3 is 0 Å². The van der Waals surface area contributed by atoms with Crippen LogP contribution in [0.1, 0.15) is 30.9 Å². The molecule has 0 amide bonds. The molecule has 3 nitrogen and oxygen atoms in total. The van der Waals surface area contributed by atoms with E-state index in [9.17, 15) is 5.11 Å². The van der Waals surface area contributed by atoms with Crippen molar-refractivity contribution in [1.82, 2.24) is 4.90 Å². The zero-order chi connectivity index (χ0) is 13.7. The molecule has 0 atom stereocenters. The van der Waals surface area contributed by atoms with Gasteiger partial charge in [-0.1, -0.05) is 24.0 Å². The highest BCUT2D eigenvalue weighted by atomic mass is 16.3. The zero-order valence-corrected chi connectivity index (χ0v) is 11.5. The van der Waals surface area contributed by atoms with Crippen LogP contribution in [-0.4, -0.2) is 35.2 Å². The Morgan fingerprint density at radius 2 is 2.11 bits per heavy atom. The van der Waals surface area contributed by atoms with Gasteiger partial charge in [0.15, 0.2) is 0 Å². The van der Waals surface area contributed by atoms with Gasteiger partial charge in [0.2, 0.25) is 0 Å². The van der Waals surface area contributed by atoms with E-state index < -0.39 is 5.60 Å². The van der Waals surface area contributed by atoms with Crippen molar-refractivity contribution >= 4 is 0 Å². The third kappa shape index (κ3) is 4.36. The Morgan fingerprint density at radius 1 is 1.37 bits per heavy atom. The van der Waals surface area contributed by atoms with Gasteiger partial charge in [-0.25, -0.2) is 0 Å². The summed E-state index contributed by atoms with van der Waals surface area (Å²) in [5, 5.41) is 9.94. The van der Waals surface area contributed by atoms with Crippen LogP contribution >= 0.6 is 0 Å². The molecule has 0 unspecified atom stereocenters. The molecule has 3 heteroatoms. The van der Waals surface area contributed by atoms with Gasteiger partial charge in [-0.2, -0.15) is 0 Å². The lowest BCUT2D eigenvalue weighted by molar-refractivity contribution is -0.00730. The third-order valence-electron chi connectivity index (χ3n) is 3.60. The SMILES string of the molecule is CC1(O)CCN(Cc2cccc(C#CCN)c2)CC1. The maximum atomic E-state index is 9.94. The summed E-state index contributed by atoms with van der Waals surface area (Å²) in [6, 6.07) is 8.29. The minimum Gasteiger partial charge on any atom is -0.390 e. The van der Waals surface area contributed by atoms with Gasteiger partial charge in [0.25, 0.3) is 0 Å². The van der Waals surface area contributed by atoms with Gasteiger partial charge in [0.1, 0.15) is 0 Å². The Labute approximate surface area is 115 Å². The molecule has 1 fully saturated rings. The van der Waals surface area contributed by atoms with E-state index in [-0.39, 0.29) is 0 Å². The summed E-state index contributed by atoms with van der Waals surface area (Å²) in [5.74, 6) is 5.94. The van der Waals surface area contributed by atoms with Crippen LogP contribution in [0.2, 0.25) is 0 Å². The monoisotopic (exact) mass is 258 g/mol. The van der Waals surface area contributed by atoms with E-state index in [0.29, 0.717) is 6.54 Å². The van der Waals surface area contributed by atoms with Gasteiger partial charge in [-0.05, 0) is 37.5 Å². The highest BCUT2D eigenvalue weighted by Gasteiger charge is 2.26. The smallest absolute Gasteiger partial charge is 0.0644 e. The fourth-order valence-electron chi connectivity index (χ4n) is 2.35. The Hall–Kier alpha value is -1.34. The Bertz CT molecular complexity index is 475. The number of hydrogen-bond donors (Lipinski definition) is 2. The quantitative estimate of drug-likeness (QED) is 0.787. The first-order valence-electron chi connectivity index (χ1n) is 6.82. The molecule has 1 saturated heterocycles. The van der Waals surface area contributed by atoms with Crippen molar-refractivity contribution in [3.63, 3.8) is 0 Å². The van der Waals surface area contributed by atoms with Crippen molar-refractivity contribution in [3.05, 3.63) is 35.4 Å². The number of rotatable bonds is 2. The van der Waals surface area contributed by atoms with Gasteiger partial charge in [-0.3, -0.25) is 4.90 Å². The molecule has 2 rings (SSSR count). The second-order valence-electron chi connectivity index (χ2n) is 5.48. The minimum atomic E-state index is -0.481. The van der Waals surface area contributed by atoms with Gasteiger partial charge in [0, 0.05) is 25.2 Å². The molecule has 0 saturated carbocycles. The molecular weight excluding hydrogens is 236 g/mol. The van der Waals surface area contributed by atoms with Crippen molar-refractivity contribution in [1.29, 1.82) is 0 Å². The standard InChI is InChI=1S/C16H22N2O/c1-16(19)7-10-18(11-8-16)13-15-5-2-4-14(12-15)6-3-9-17/h2,4-5,12,19H,7-11,13,17H2,1H3. The molecule has 0 aromatic heterocycles. The summed E-state index contributed by atoms with van der Waals surface area (Å²) in [5.41, 5.74) is 7.19. The van der Waals surface area contributed by atoms with Crippen LogP contribution in [0.25, 0.3) is 0 Å². The van der Waals surface area contributed by atoms with Gasteiger partial charge < -0.3 is 10.8 Å². The van der Waals surface area contributed by atoms with Crippen LogP contribution in [0.5, 0.6) is 0 Å². The van der Waals surface area contributed by atoms with Crippen LogP contribution < -0.4 is 5.73 Å². The lowest BCUT2D eigenvalue weighted by atomic mass is 9.93. The maximum absolute atomic E-state index is 9.94. The summed E-state index contributed by atoms with van der Waals surface area (Å²) < 4.78 is 0.